The van der Waals surface area contributed by atoms with Crippen LogP contribution in [0.25, 0.3) is 0 Å². The summed E-state index contributed by atoms with van der Waals surface area (Å²) in [5.74, 6) is 0.247. The quantitative estimate of drug-likeness (QED) is 0.563. The van der Waals surface area contributed by atoms with Crippen LogP contribution in [0.4, 0.5) is 0 Å². The summed E-state index contributed by atoms with van der Waals surface area (Å²) >= 11 is 0. The van der Waals surface area contributed by atoms with Gasteiger partial charge in [-0.15, -0.1) is 0 Å². The van der Waals surface area contributed by atoms with Gasteiger partial charge < -0.3 is 16.0 Å². The van der Waals surface area contributed by atoms with Gasteiger partial charge in [-0.1, -0.05) is 37.3 Å². The van der Waals surface area contributed by atoms with E-state index in [0.717, 1.165) is 37.9 Å². The van der Waals surface area contributed by atoms with E-state index in [4.69, 9.17) is 0 Å². The van der Waals surface area contributed by atoms with E-state index in [0.29, 0.717) is 23.3 Å². The Morgan fingerprint density at radius 1 is 1.21 bits per heavy atom. The molecule has 0 aromatic heterocycles. The summed E-state index contributed by atoms with van der Waals surface area (Å²) in [6.07, 6.45) is 19.5. The monoisotopic (exact) mass is 439 g/mol. The Labute approximate surface area is 195 Å². The van der Waals surface area contributed by atoms with Crippen LogP contribution in [-0.4, -0.2) is 25.0 Å². The summed E-state index contributed by atoms with van der Waals surface area (Å²) in [6, 6.07) is 4.44. The summed E-state index contributed by atoms with van der Waals surface area (Å²) < 4.78 is 0. The molecule has 6 heteroatoms. The van der Waals surface area contributed by atoms with Crippen LogP contribution in [0.5, 0.6) is 0 Å². The van der Waals surface area contributed by atoms with E-state index in [-0.39, 0.29) is 23.8 Å². The van der Waals surface area contributed by atoms with Crippen LogP contribution in [0.1, 0.15) is 32.6 Å². The van der Waals surface area contributed by atoms with Crippen LogP contribution in [0.2, 0.25) is 0 Å². The minimum Gasteiger partial charge on any atom is -0.390 e. The lowest BCUT2D eigenvalue weighted by atomic mass is 9.82. The smallest absolute Gasteiger partial charge is 0.252 e. The zero-order valence-electron chi connectivity index (χ0n) is 18.9. The Balaban J connectivity index is 1.46. The van der Waals surface area contributed by atoms with Gasteiger partial charge in [-0.05, 0) is 49.0 Å². The molecule has 168 valence electrons. The van der Waals surface area contributed by atoms with Crippen LogP contribution in [0.15, 0.2) is 82.3 Å². The maximum Gasteiger partial charge on any atom is 0.252 e. The highest BCUT2D eigenvalue weighted by atomic mass is 16.1. The second-order valence-corrected chi connectivity index (χ2v) is 8.71. The number of carbonyl (C=O) groups excluding carboxylic acids is 1. The normalized spacial score (nSPS) is 24.2. The van der Waals surface area contributed by atoms with Gasteiger partial charge >= 0.3 is 0 Å². The number of nitrogens with zero attached hydrogens (tertiary/aromatic N) is 2. The summed E-state index contributed by atoms with van der Waals surface area (Å²) in [7, 11) is 0. The van der Waals surface area contributed by atoms with E-state index in [1.165, 1.54) is 11.1 Å². The van der Waals surface area contributed by atoms with Gasteiger partial charge in [-0.3, -0.25) is 4.79 Å². The molecule has 1 amide bonds. The Hall–Kier alpha value is -3.77. The molecule has 0 fully saturated rings. The average Bonchev–Trinajstić information content (AvgIpc) is 3.35. The molecule has 6 nitrogen and oxygen atoms in total. The first kappa shape index (κ1) is 22.4. The van der Waals surface area contributed by atoms with E-state index in [1.807, 2.05) is 24.3 Å². The SMILES string of the molecule is CCC(CNC(=O)C1=CCCC=C1C#N)NC1=CC(C2C=C(C#N)C=CC2)=CC2=CNCC21. The standard InChI is InChI=1S/C27H29N5O/c1-2-23(16-31-27(33)24-9-4-3-7-20(24)14-29)32-26-12-21(11-22-15-30-17-25(22)26)19-8-5-6-18(10-19)13-28/h5-7,9-12,15,19,23,25,30,32H,2-4,8,16-17H2,1H3,(H,31,33). The molecule has 0 saturated carbocycles. The van der Waals surface area contributed by atoms with Crippen molar-refractivity contribution in [1.82, 2.24) is 16.0 Å². The minimum atomic E-state index is -0.188. The van der Waals surface area contributed by atoms with Gasteiger partial charge in [0.15, 0.2) is 0 Å². The van der Waals surface area contributed by atoms with Crippen molar-refractivity contribution in [1.29, 1.82) is 10.5 Å². The third kappa shape index (κ3) is 5.02. The van der Waals surface area contributed by atoms with Crippen molar-refractivity contribution in [2.45, 2.75) is 38.6 Å². The molecule has 4 aliphatic rings. The van der Waals surface area contributed by atoms with Crippen molar-refractivity contribution in [2.75, 3.05) is 13.1 Å². The van der Waals surface area contributed by atoms with Crippen molar-refractivity contribution < 1.29 is 4.79 Å². The number of amides is 1. The van der Waals surface area contributed by atoms with Crippen LogP contribution >= 0.6 is 0 Å². The van der Waals surface area contributed by atoms with Crippen molar-refractivity contribution in [3.05, 3.63) is 82.3 Å². The highest BCUT2D eigenvalue weighted by molar-refractivity contribution is 5.99. The minimum absolute atomic E-state index is 0.0663. The molecular formula is C27H29N5O. The molecular weight excluding hydrogens is 410 g/mol. The van der Waals surface area contributed by atoms with Gasteiger partial charge in [0, 0.05) is 48.4 Å². The van der Waals surface area contributed by atoms with E-state index in [2.05, 4.69) is 59.4 Å². The number of rotatable bonds is 7. The third-order valence-corrected chi connectivity index (χ3v) is 6.54. The first-order valence-electron chi connectivity index (χ1n) is 11.6. The molecule has 0 spiro atoms. The fourth-order valence-corrected chi connectivity index (χ4v) is 4.64. The van der Waals surface area contributed by atoms with E-state index >= 15 is 0 Å². The molecule has 3 N–H and O–H groups in total. The summed E-state index contributed by atoms with van der Waals surface area (Å²) in [5, 5.41) is 28.6. The number of nitrogens with one attached hydrogen (secondary N) is 3. The lowest BCUT2D eigenvalue weighted by Crippen LogP contribution is -2.42. The molecule has 3 unspecified atom stereocenters. The molecule has 0 saturated heterocycles. The van der Waals surface area contributed by atoms with Crippen LogP contribution < -0.4 is 16.0 Å². The zero-order chi connectivity index (χ0) is 23.2. The molecule has 1 heterocycles. The van der Waals surface area contributed by atoms with Gasteiger partial charge in [0.1, 0.15) is 0 Å². The maximum atomic E-state index is 12.7. The molecule has 0 aromatic carbocycles. The molecule has 3 aliphatic carbocycles. The van der Waals surface area contributed by atoms with Crippen molar-refractivity contribution in [3.63, 3.8) is 0 Å². The largest absolute Gasteiger partial charge is 0.390 e. The van der Waals surface area contributed by atoms with Gasteiger partial charge in [-0.2, -0.15) is 10.5 Å². The van der Waals surface area contributed by atoms with Gasteiger partial charge in [0.05, 0.1) is 23.3 Å². The van der Waals surface area contributed by atoms with Crippen LogP contribution in [0.3, 0.4) is 0 Å². The first-order chi connectivity index (χ1) is 16.1. The van der Waals surface area contributed by atoms with Crippen LogP contribution in [0, 0.1) is 34.5 Å². The predicted octanol–water partition coefficient (Wildman–Crippen LogP) is 3.59. The highest BCUT2D eigenvalue weighted by Crippen LogP contribution is 2.35. The van der Waals surface area contributed by atoms with Gasteiger partial charge in [0.2, 0.25) is 0 Å². The molecule has 1 aliphatic heterocycles. The second kappa shape index (κ2) is 10.2. The first-order valence-corrected chi connectivity index (χ1v) is 11.6. The zero-order valence-corrected chi connectivity index (χ0v) is 18.9. The molecule has 4 rings (SSSR count). The van der Waals surface area contributed by atoms with Crippen LogP contribution in [-0.2, 0) is 4.79 Å². The maximum absolute atomic E-state index is 12.7. The Bertz CT molecular complexity index is 1120. The molecule has 3 atom stereocenters. The fourth-order valence-electron chi connectivity index (χ4n) is 4.64. The number of allylic oxidation sites excluding steroid dienone is 9. The van der Waals surface area contributed by atoms with E-state index in [1.54, 1.807) is 0 Å². The number of nitriles is 2. The number of hydrogen-bond donors (Lipinski definition) is 3. The lowest BCUT2D eigenvalue weighted by Gasteiger charge is -2.30. The Morgan fingerprint density at radius 2 is 2.06 bits per heavy atom. The Morgan fingerprint density at radius 3 is 2.85 bits per heavy atom. The molecule has 33 heavy (non-hydrogen) atoms. The highest BCUT2D eigenvalue weighted by Gasteiger charge is 2.29. The summed E-state index contributed by atoms with van der Waals surface area (Å²) in [4.78, 5) is 12.7. The Kier molecular flexibility index (Phi) is 6.95. The van der Waals surface area contributed by atoms with Crippen molar-refractivity contribution >= 4 is 5.91 Å². The topological polar surface area (TPSA) is 101 Å². The van der Waals surface area contributed by atoms with E-state index in [9.17, 15) is 15.3 Å². The average molecular weight is 440 g/mol. The number of carbonyl (C=O) groups is 1. The van der Waals surface area contributed by atoms with E-state index < -0.39 is 0 Å². The number of fused-ring (bicyclic) bond motifs is 1. The third-order valence-electron chi connectivity index (χ3n) is 6.54. The molecule has 0 bridgehead atoms. The molecule has 0 aromatic rings. The predicted molar refractivity (Wildman–Crippen MR) is 128 cm³/mol. The van der Waals surface area contributed by atoms with Gasteiger partial charge in [-0.25, -0.2) is 0 Å². The summed E-state index contributed by atoms with van der Waals surface area (Å²) in [6.45, 7) is 3.42. The fraction of sp³-hybridized carbons (Fsp3) is 0.370. The lowest BCUT2D eigenvalue weighted by molar-refractivity contribution is -0.117. The van der Waals surface area contributed by atoms with Crippen molar-refractivity contribution in [3.8, 4) is 12.1 Å². The van der Waals surface area contributed by atoms with Crippen molar-refractivity contribution in [2.24, 2.45) is 11.8 Å². The van der Waals surface area contributed by atoms with Gasteiger partial charge in [0.25, 0.3) is 5.91 Å². The number of hydrogen-bond acceptors (Lipinski definition) is 5. The summed E-state index contributed by atoms with van der Waals surface area (Å²) in [5.41, 5.74) is 5.22. The second-order valence-electron chi connectivity index (χ2n) is 8.71. The molecule has 0 radical (unpaired) electrons.